The fraction of sp³-hybridized carbons (Fsp3) is 0.913. The molecule has 2 aliphatic heterocycles. The lowest BCUT2D eigenvalue weighted by atomic mass is 9.72. The van der Waals surface area contributed by atoms with E-state index in [9.17, 15) is 25.5 Å². The summed E-state index contributed by atoms with van der Waals surface area (Å²) in [7, 11) is 0. The van der Waals surface area contributed by atoms with E-state index in [1.54, 1.807) is 6.92 Å². The van der Waals surface area contributed by atoms with E-state index in [4.69, 9.17) is 25.7 Å². The van der Waals surface area contributed by atoms with E-state index in [1.807, 2.05) is 13.0 Å². The number of hydrogen-bond acceptors (Lipinski definition) is 12. The molecule has 1 aliphatic carbocycles. The summed E-state index contributed by atoms with van der Waals surface area (Å²) < 4.78 is 17.9. The summed E-state index contributed by atoms with van der Waals surface area (Å²) in [5.74, 6) is 0.161. The molecular weight excluding hydrogens is 460 g/mol. The maximum atomic E-state index is 11.6. The van der Waals surface area contributed by atoms with Gasteiger partial charge in [-0.25, -0.2) is 0 Å². The first-order valence-electron chi connectivity index (χ1n) is 12.5. The SMILES string of the molecule is CCNCC1=CCC(N)C(C2C(N)CC(NC(CO)CO)C(OC3OCC(C)(O)CC3O)C2O)O1. The van der Waals surface area contributed by atoms with Crippen LogP contribution in [-0.2, 0) is 14.2 Å². The molecule has 12 heteroatoms. The zero-order chi connectivity index (χ0) is 25.8. The second kappa shape index (κ2) is 12.6. The normalized spacial score (nSPS) is 42.6. The van der Waals surface area contributed by atoms with Crippen LogP contribution in [0.25, 0.3) is 0 Å². The Hall–Kier alpha value is -0.900. The van der Waals surface area contributed by atoms with Crippen LogP contribution >= 0.6 is 0 Å². The molecule has 10 atom stereocenters. The summed E-state index contributed by atoms with van der Waals surface area (Å²) >= 11 is 0. The van der Waals surface area contributed by atoms with Crippen LogP contribution in [0.1, 0.15) is 33.1 Å². The lowest BCUT2D eigenvalue weighted by Crippen LogP contribution is -2.68. The molecule has 0 bridgehead atoms. The van der Waals surface area contributed by atoms with Gasteiger partial charge in [-0.1, -0.05) is 6.92 Å². The molecule has 0 spiro atoms. The van der Waals surface area contributed by atoms with Crippen LogP contribution in [0.5, 0.6) is 0 Å². The Kier molecular flexibility index (Phi) is 10.3. The average Bonchev–Trinajstić information content (AvgIpc) is 2.80. The molecular formula is C23H44N4O8. The molecule has 10 unspecified atom stereocenters. The Morgan fingerprint density at radius 3 is 2.57 bits per heavy atom. The van der Waals surface area contributed by atoms with Crippen molar-refractivity contribution in [3.63, 3.8) is 0 Å². The van der Waals surface area contributed by atoms with Gasteiger partial charge in [0, 0.05) is 30.5 Å². The van der Waals surface area contributed by atoms with Crippen LogP contribution in [0.2, 0.25) is 0 Å². The summed E-state index contributed by atoms with van der Waals surface area (Å²) in [6.07, 6.45) is -1.93. The van der Waals surface area contributed by atoms with Gasteiger partial charge in [0.05, 0.1) is 44.1 Å². The fourth-order valence-electron chi connectivity index (χ4n) is 5.24. The molecule has 1 saturated carbocycles. The van der Waals surface area contributed by atoms with Crippen LogP contribution in [0.15, 0.2) is 11.8 Å². The molecule has 3 rings (SSSR count). The highest BCUT2D eigenvalue weighted by atomic mass is 16.7. The zero-order valence-corrected chi connectivity index (χ0v) is 20.6. The van der Waals surface area contributed by atoms with Gasteiger partial charge in [0.1, 0.15) is 24.1 Å². The summed E-state index contributed by atoms with van der Waals surface area (Å²) in [5, 5.41) is 57.8. The number of nitrogens with two attached hydrogens (primary N) is 2. The third kappa shape index (κ3) is 7.11. The number of rotatable bonds is 10. The zero-order valence-electron chi connectivity index (χ0n) is 20.6. The highest BCUT2D eigenvalue weighted by molar-refractivity contribution is 5.10. The molecule has 0 aromatic rings. The van der Waals surface area contributed by atoms with Crippen LogP contribution in [0, 0.1) is 5.92 Å². The molecule has 2 fully saturated rings. The van der Waals surface area contributed by atoms with E-state index in [-0.39, 0.29) is 32.3 Å². The summed E-state index contributed by atoms with van der Waals surface area (Å²) in [5.41, 5.74) is 11.8. The Balaban J connectivity index is 1.81. The van der Waals surface area contributed by atoms with Crippen molar-refractivity contribution in [2.75, 3.05) is 32.9 Å². The quantitative estimate of drug-likeness (QED) is 0.145. The van der Waals surface area contributed by atoms with E-state index < -0.39 is 60.4 Å². The van der Waals surface area contributed by atoms with Crippen molar-refractivity contribution >= 4 is 0 Å². The van der Waals surface area contributed by atoms with Gasteiger partial charge in [0.2, 0.25) is 0 Å². The average molecular weight is 505 g/mol. The smallest absolute Gasteiger partial charge is 0.184 e. The Morgan fingerprint density at radius 2 is 1.94 bits per heavy atom. The van der Waals surface area contributed by atoms with E-state index in [0.29, 0.717) is 19.4 Å². The van der Waals surface area contributed by atoms with Gasteiger partial charge >= 0.3 is 0 Å². The third-order valence-corrected chi connectivity index (χ3v) is 7.11. The Morgan fingerprint density at radius 1 is 1.23 bits per heavy atom. The summed E-state index contributed by atoms with van der Waals surface area (Å²) in [6.45, 7) is 4.19. The standard InChI is InChI=1S/C23H44N4O8/c1-3-26-8-13-4-5-14(24)20(34-13)18-15(25)6-16(27-12(9-28)10-29)21(19(18)31)35-22-17(30)7-23(2,32)11-33-22/h4,12,14-22,26-32H,3,5-11,24-25H2,1-2H3. The van der Waals surface area contributed by atoms with Crippen molar-refractivity contribution < 1.29 is 39.7 Å². The fourth-order valence-corrected chi connectivity index (χ4v) is 5.24. The highest BCUT2D eigenvalue weighted by Gasteiger charge is 2.51. The maximum absolute atomic E-state index is 11.6. The lowest BCUT2D eigenvalue weighted by Gasteiger charge is -2.50. The van der Waals surface area contributed by atoms with Gasteiger partial charge < -0.3 is 61.8 Å². The van der Waals surface area contributed by atoms with E-state index >= 15 is 0 Å². The Labute approximate surface area is 206 Å². The number of aliphatic hydroxyl groups excluding tert-OH is 4. The van der Waals surface area contributed by atoms with Crippen LogP contribution in [0.4, 0.5) is 0 Å². The molecule has 2 heterocycles. The molecule has 3 aliphatic rings. The number of likely N-dealkylation sites (N-methyl/N-ethyl adjacent to an activating group) is 1. The highest BCUT2D eigenvalue weighted by Crippen LogP contribution is 2.36. The molecule has 1 saturated heterocycles. The third-order valence-electron chi connectivity index (χ3n) is 7.11. The van der Waals surface area contributed by atoms with Gasteiger partial charge in [-0.3, -0.25) is 0 Å². The summed E-state index contributed by atoms with van der Waals surface area (Å²) in [4.78, 5) is 0. The maximum Gasteiger partial charge on any atom is 0.184 e. The molecule has 0 aromatic carbocycles. The number of nitrogens with one attached hydrogen (secondary N) is 2. The van der Waals surface area contributed by atoms with Gasteiger partial charge in [-0.2, -0.15) is 0 Å². The van der Waals surface area contributed by atoms with Gasteiger partial charge in [0.15, 0.2) is 6.29 Å². The second-order valence-electron chi connectivity index (χ2n) is 10.3. The first-order valence-corrected chi connectivity index (χ1v) is 12.5. The Bertz CT molecular complexity index is 694. The van der Waals surface area contributed by atoms with Crippen molar-refractivity contribution in [3.8, 4) is 0 Å². The molecule has 12 nitrogen and oxygen atoms in total. The molecule has 35 heavy (non-hydrogen) atoms. The lowest BCUT2D eigenvalue weighted by molar-refractivity contribution is -0.290. The minimum atomic E-state index is -1.19. The topological polar surface area (TPSA) is 205 Å². The second-order valence-corrected chi connectivity index (χ2v) is 10.3. The minimum absolute atomic E-state index is 0.0380. The van der Waals surface area contributed by atoms with E-state index in [2.05, 4.69) is 10.6 Å². The first kappa shape index (κ1) is 28.7. The molecule has 0 aromatic heterocycles. The predicted octanol–water partition coefficient (Wildman–Crippen LogP) is -3.14. The predicted molar refractivity (Wildman–Crippen MR) is 127 cm³/mol. The van der Waals surface area contributed by atoms with Crippen molar-refractivity contribution in [3.05, 3.63) is 11.8 Å². The van der Waals surface area contributed by atoms with Crippen molar-refractivity contribution in [2.24, 2.45) is 17.4 Å². The first-order chi connectivity index (χ1) is 16.6. The van der Waals surface area contributed by atoms with E-state index in [0.717, 1.165) is 12.3 Å². The van der Waals surface area contributed by atoms with Crippen molar-refractivity contribution in [2.45, 2.75) is 93.6 Å². The number of aliphatic hydroxyl groups is 5. The van der Waals surface area contributed by atoms with Crippen LogP contribution in [0.3, 0.4) is 0 Å². The van der Waals surface area contributed by atoms with Crippen molar-refractivity contribution in [1.82, 2.24) is 10.6 Å². The molecule has 0 amide bonds. The van der Waals surface area contributed by atoms with Crippen LogP contribution in [-0.4, -0.2) is 119 Å². The molecule has 0 radical (unpaired) electrons. The minimum Gasteiger partial charge on any atom is -0.492 e. The van der Waals surface area contributed by atoms with Gasteiger partial charge in [-0.15, -0.1) is 0 Å². The van der Waals surface area contributed by atoms with E-state index in [1.165, 1.54) is 0 Å². The van der Waals surface area contributed by atoms with Gasteiger partial charge in [0.25, 0.3) is 0 Å². The van der Waals surface area contributed by atoms with Gasteiger partial charge in [-0.05, 0) is 32.4 Å². The van der Waals surface area contributed by atoms with Crippen molar-refractivity contribution in [1.29, 1.82) is 0 Å². The number of ether oxygens (including phenoxy) is 3. The molecule has 11 N–H and O–H groups in total. The monoisotopic (exact) mass is 504 g/mol. The number of hydrogen-bond donors (Lipinski definition) is 9. The summed E-state index contributed by atoms with van der Waals surface area (Å²) in [6, 6.07) is -2.11. The van der Waals surface area contributed by atoms with Crippen LogP contribution < -0.4 is 22.1 Å². The largest absolute Gasteiger partial charge is 0.492 e. The molecule has 204 valence electrons.